The van der Waals surface area contributed by atoms with Gasteiger partial charge in [-0.1, -0.05) is 42.1 Å². The summed E-state index contributed by atoms with van der Waals surface area (Å²) in [7, 11) is 0. The van der Waals surface area contributed by atoms with Gasteiger partial charge in [0.15, 0.2) is 0 Å². The number of anilines is 1. The average molecular weight is 449 g/mol. The van der Waals surface area contributed by atoms with Crippen molar-refractivity contribution in [1.29, 1.82) is 0 Å². The van der Waals surface area contributed by atoms with Crippen LogP contribution in [0.2, 0.25) is 0 Å². The Labute approximate surface area is 175 Å². The Bertz CT molecular complexity index is 754. The second kappa shape index (κ2) is 8.36. The molecule has 2 aliphatic rings. The molecule has 0 aromatic heterocycles. The summed E-state index contributed by atoms with van der Waals surface area (Å²) >= 11 is 3.38. The molecule has 0 spiro atoms. The van der Waals surface area contributed by atoms with E-state index >= 15 is 0 Å². The summed E-state index contributed by atoms with van der Waals surface area (Å²) in [6.45, 7) is 6.01. The molecule has 2 fully saturated rings. The van der Waals surface area contributed by atoms with Crippen LogP contribution >= 0.6 is 15.9 Å². The van der Waals surface area contributed by atoms with Crippen molar-refractivity contribution in [2.45, 2.75) is 77.3 Å². The Morgan fingerprint density at radius 2 is 1.75 bits per heavy atom. The highest BCUT2D eigenvalue weighted by Crippen LogP contribution is 2.35. The van der Waals surface area contributed by atoms with E-state index in [1.807, 2.05) is 32.9 Å². The van der Waals surface area contributed by atoms with Gasteiger partial charge in [0.05, 0.1) is 12.1 Å². The fourth-order valence-corrected chi connectivity index (χ4v) is 4.53. The Balaban J connectivity index is 1.91. The zero-order valence-corrected chi connectivity index (χ0v) is 18.5. The van der Waals surface area contributed by atoms with Crippen LogP contribution in [-0.2, 0) is 14.4 Å². The van der Waals surface area contributed by atoms with Gasteiger partial charge in [-0.25, -0.2) is 4.90 Å². The molecule has 1 aromatic rings. The normalized spacial score (nSPS) is 21.3. The Hall–Kier alpha value is -1.69. The van der Waals surface area contributed by atoms with Crippen molar-refractivity contribution < 1.29 is 14.4 Å². The molecule has 1 unspecified atom stereocenters. The van der Waals surface area contributed by atoms with Crippen LogP contribution in [-0.4, -0.2) is 34.2 Å². The summed E-state index contributed by atoms with van der Waals surface area (Å²) in [6.07, 6.45) is 5.80. The third kappa shape index (κ3) is 4.02. The van der Waals surface area contributed by atoms with Crippen LogP contribution in [0.25, 0.3) is 0 Å². The van der Waals surface area contributed by atoms with E-state index in [2.05, 4.69) is 15.9 Å². The van der Waals surface area contributed by atoms with Crippen LogP contribution < -0.4 is 4.90 Å². The molecular formula is C22H29BrN2O3. The van der Waals surface area contributed by atoms with Crippen LogP contribution in [0.5, 0.6) is 0 Å². The summed E-state index contributed by atoms with van der Waals surface area (Å²) < 4.78 is 0.883. The highest BCUT2D eigenvalue weighted by atomic mass is 79.9. The molecule has 1 aromatic carbocycles. The predicted octanol–water partition coefficient (Wildman–Crippen LogP) is 4.68. The fourth-order valence-electron chi connectivity index (χ4n) is 4.27. The lowest BCUT2D eigenvalue weighted by molar-refractivity contribution is -0.149. The van der Waals surface area contributed by atoms with Gasteiger partial charge in [-0.2, -0.15) is 0 Å². The van der Waals surface area contributed by atoms with E-state index in [4.69, 9.17) is 0 Å². The quantitative estimate of drug-likeness (QED) is 0.614. The largest absolute Gasteiger partial charge is 0.325 e. The fraction of sp³-hybridized carbons (Fsp3) is 0.591. The molecule has 1 saturated carbocycles. The maximum atomic E-state index is 13.5. The van der Waals surface area contributed by atoms with E-state index in [1.54, 1.807) is 17.0 Å². The molecule has 1 aliphatic carbocycles. The molecule has 0 radical (unpaired) electrons. The summed E-state index contributed by atoms with van der Waals surface area (Å²) in [5.41, 5.74) is 0.0743. The van der Waals surface area contributed by atoms with Crippen molar-refractivity contribution in [2.24, 2.45) is 5.92 Å². The number of benzene rings is 1. The average Bonchev–Trinajstić information content (AvgIpc) is 2.97. The zero-order chi connectivity index (χ0) is 20.5. The second-order valence-electron chi connectivity index (χ2n) is 8.47. The molecule has 0 bridgehead atoms. The van der Waals surface area contributed by atoms with E-state index in [0.717, 1.165) is 36.6 Å². The number of nitrogens with zero attached hydrogens (tertiary/aromatic N) is 2. The first-order chi connectivity index (χ1) is 13.3. The van der Waals surface area contributed by atoms with Crippen molar-refractivity contribution in [2.75, 3.05) is 4.90 Å². The first kappa shape index (κ1) is 21.0. The van der Waals surface area contributed by atoms with E-state index in [-0.39, 0.29) is 30.1 Å². The molecule has 5 nitrogen and oxygen atoms in total. The van der Waals surface area contributed by atoms with Crippen LogP contribution in [0.3, 0.4) is 0 Å². The van der Waals surface area contributed by atoms with E-state index in [1.165, 1.54) is 11.3 Å². The minimum atomic E-state index is -0.722. The van der Waals surface area contributed by atoms with Crippen molar-refractivity contribution >= 4 is 39.3 Å². The van der Waals surface area contributed by atoms with Gasteiger partial charge < -0.3 is 4.90 Å². The smallest absolute Gasteiger partial charge is 0.257 e. The number of hydrogen-bond donors (Lipinski definition) is 0. The monoisotopic (exact) mass is 448 g/mol. The van der Waals surface area contributed by atoms with Crippen molar-refractivity contribution in [3.63, 3.8) is 0 Å². The number of amides is 3. The van der Waals surface area contributed by atoms with Crippen LogP contribution in [0.4, 0.5) is 5.69 Å². The number of hydrogen-bond acceptors (Lipinski definition) is 3. The standard InChI is InChI=1S/C22H29BrN2O3/c1-4-22(2,3)25(20(27)15-8-6-5-7-9-15)18-14-19(26)24(21(18)28)17-12-10-16(23)11-13-17/h10-13,15,18H,4-9,14H2,1-3H3. The van der Waals surface area contributed by atoms with Crippen LogP contribution in [0.1, 0.15) is 65.7 Å². The third-order valence-electron chi connectivity index (χ3n) is 6.23. The van der Waals surface area contributed by atoms with Gasteiger partial charge in [0.25, 0.3) is 5.91 Å². The SMILES string of the molecule is CCC(C)(C)N(C(=O)C1CCCCC1)C1CC(=O)N(c2ccc(Br)cc2)C1=O. The summed E-state index contributed by atoms with van der Waals surface area (Å²) in [4.78, 5) is 42.5. The topological polar surface area (TPSA) is 57.7 Å². The Morgan fingerprint density at radius 3 is 2.32 bits per heavy atom. The molecule has 28 heavy (non-hydrogen) atoms. The molecular weight excluding hydrogens is 420 g/mol. The van der Waals surface area contributed by atoms with Gasteiger partial charge in [-0.05, 0) is 57.4 Å². The number of carbonyl (C=O) groups is 3. The molecule has 0 N–H and O–H groups in total. The lowest BCUT2D eigenvalue weighted by Crippen LogP contribution is -2.57. The van der Waals surface area contributed by atoms with Gasteiger partial charge >= 0.3 is 0 Å². The van der Waals surface area contributed by atoms with E-state index in [9.17, 15) is 14.4 Å². The van der Waals surface area contributed by atoms with Crippen LogP contribution in [0.15, 0.2) is 28.7 Å². The van der Waals surface area contributed by atoms with Gasteiger partial charge in [0, 0.05) is 15.9 Å². The summed E-state index contributed by atoms with van der Waals surface area (Å²) in [6, 6.07) is 6.40. The van der Waals surface area contributed by atoms with Crippen molar-refractivity contribution in [3.8, 4) is 0 Å². The highest BCUT2D eigenvalue weighted by molar-refractivity contribution is 9.10. The summed E-state index contributed by atoms with van der Waals surface area (Å²) in [5, 5.41) is 0. The van der Waals surface area contributed by atoms with Crippen molar-refractivity contribution in [1.82, 2.24) is 4.90 Å². The van der Waals surface area contributed by atoms with Crippen molar-refractivity contribution in [3.05, 3.63) is 28.7 Å². The number of rotatable bonds is 5. The number of halogens is 1. The second-order valence-corrected chi connectivity index (χ2v) is 9.39. The molecule has 3 rings (SSSR count). The first-order valence-corrected chi connectivity index (χ1v) is 11.0. The highest BCUT2D eigenvalue weighted by Gasteiger charge is 2.49. The van der Waals surface area contributed by atoms with E-state index in [0.29, 0.717) is 5.69 Å². The molecule has 1 aliphatic heterocycles. The number of imide groups is 1. The maximum absolute atomic E-state index is 13.5. The van der Waals surface area contributed by atoms with Crippen LogP contribution in [0, 0.1) is 5.92 Å². The van der Waals surface area contributed by atoms with Gasteiger partial charge in [0.2, 0.25) is 11.8 Å². The lowest BCUT2D eigenvalue weighted by atomic mass is 9.85. The lowest BCUT2D eigenvalue weighted by Gasteiger charge is -2.43. The predicted molar refractivity (Wildman–Crippen MR) is 113 cm³/mol. The minimum absolute atomic E-state index is 0.0374. The molecule has 1 saturated heterocycles. The maximum Gasteiger partial charge on any atom is 0.257 e. The van der Waals surface area contributed by atoms with Gasteiger partial charge in [-0.15, -0.1) is 0 Å². The Kier molecular flexibility index (Phi) is 6.28. The Morgan fingerprint density at radius 1 is 1.14 bits per heavy atom. The zero-order valence-electron chi connectivity index (χ0n) is 16.9. The van der Waals surface area contributed by atoms with Gasteiger partial charge in [0.1, 0.15) is 6.04 Å². The molecule has 1 atom stereocenters. The first-order valence-electron chi connectivity index (χ1n) is 10.2. The molecule has 152 valence electrons. The minimum Gasteiger partial charge on any atom is -0.325 e. The van der Waals surface area contributed by atoms with E-state index < -0.39 is 11.6 Å². The molecule has 1 heterocycles. The third-order valence-corrected chi connectivity index (χ3v) is 6.76. The molecule has 3 amide bonds. The molecule has 6 heteroatoms. The summed E-state index contributed by atoms with van der Waals surface area (Å²) in [5.74, 6) is -0.539. The van der Waals surface area contributed by atoms with Gasteiger partial charge in [-0.3, -0.25) is 14.4 Å². The number of carbonyl (C=O) groups excluding carboxylic acids is 3.